The summed E-state index contributed by atoms with van der Waals surface area (Å²) in [6.45, 7) is 6.08. The SMILES string of the molecule is CCOC(=O)CCC1(C)C(=O)N(C)c2ccc(C)cc21. The zero-order chi connectivity index (χ0) is 14.9. The first-order valence-electron chi connectivity index (χ1n) is 6.95. The summed E-state index contributed by atoms with van der Waals surface area (Å²) in [5, 5.41) is 0. The number of likely N-dealkylation sites (N-methyl/N-ethyl adjacent to an activating group) is 1. The lowest BCUT2D eigenvalue weighted by atomic mass is 9.79. The van der Waals surface area contributed by atoms with Gasteiger partial charge in [0.05, 0.1) is 12.0 Å². The fourth-order valence-electron chi connectivity index (χ4n) is 2.81. The summed E-state index contributed by atoms with van der Waals surface area (Å²) in [6, 6.07) is 6.01. The third-order valence-electron chi connectivity index (χ3n) is 4.02. The number of carbonyl (C=O) groups excluding carboxylic acids is 2. The van der Waals surface area contributed by atoms with Crippen LogP contribution < -0.4 is 4.90 Å². The van der Waals surface area contributed by atoms with E-state index in [9.17, 15) is 9.59 Å². The monoisotopic (exact) mass is 275 g/mol. The summed E-state index contributed by atoms with van der Waals surface area (Å²) in [4.78, 5) is 25.8. The van der Waals surface area contributed by atoms with E-state index in [4.69, 9.17) is 4.74 Å². The van der Waals surface area contributed by atoms with Gasteiger partial charge in [-0.3, -0.25) is 9.59 Å². The second-order valence-electron chi connectivity index (χ2n) is 5.52. The minimum Gasteiger partial charge on any atom is -0.466 e. The Morgan fingerprint density at radius 3 is 2.75 bits per heavy atom. The van der Waals surface area contributed by atoms with Gasteiger partial charge in [-0.05, 0) is 38.8 Å². The van der Waals surface area contributed by atoms with E-state index in [-0.39, 0.29) is 18.3 Å². The van der Waals surface area contributed by atoms with Crippen LogP contribution in [0.3, 0.4) is 0 Å². The maximum Gasteiger partial charge on any atom is 0.305 e. The summed E-state index contributed by atoms with van der Waals surface area (Å²) in [5.74, 6) is -0.201. The van der Waals surface area contributed by atoms with Gasteiger partial charge < -0.3 is 9.64 Å². The summed E-state index contributed by atoms with van der Waals surface area (Å²) in [7, 11) is 1.78. The first kappa shape index (κ1) is 14.6. The van der Waals surface area contributed by atoms with Gasteiger partial charge in [0.2, 0.25) is 5.91 Å². The average Bonchev–Trinajstić information content (AvgIpc) is 2.60. The smallest absolute Gasteiger partial charge is 0.305 e. The zero-order valence-corrected chi connectivity index (χ0v) is 12.5. The Labute approximate surface area is 119 Å². The Kier molecular flexibility index (Phi) is 3.84. The number of hydrogen-bond donors (Lipinski definition) is 0. The lowest BCUT2D eigenvalue weighted by molar-refractivity contribution is -0.143. The number of benzene rings is 1. The third kappa shape index (κ3) is 2.30. The quantitative estimate of drug-likeness (QED) is 0.793. The average molecular weight is 275 g/mol. The van der Waals surface area contributed by atoms with Crippen LogP contribution in [-0.2, 0) is 19.7 Å². The van der Waals surface area contributed by atoms with Crippen LogP contribution in [0.2, 0.25) is 0 Å². The molecular formula is C16H21NO3. The number of esters is 1. The second-order valence-corrected chi connectivity index (χ2v) is 5.52. The molecule has 1 aliphatic rings. The third-order valence-corrected chi connectivity index (χ3v) is 4.02. The number of fused-ring (bicyclic) bond motifs is 1. The highest BCUT2D eigenvalue weighted by molar-refractivity contribution is 6.07. The molecule has 0 saturated carbocycles. The van der Waals surface area contributed by atoms with Crippen LogP contribution in [0.1, 0.15) is 37.8 Å². The molecule has 108 valence electrons. The van der Waals surface area contributed by atoms with E-state index in [1.165, 1.54) is 0 Å². The Morgan fingerprint density at radius 2 is 2.10 bits per heavy atom. The summed E-state index contributed by atoms with van der Waals surface area (Å²) >= 11 is 0. The molecule has 0 aliphatic carbocycles. The number of hydrogen-bond acceptors (Lipinski definition) is 3. The molecule has 0 saturated heterocycles. The molecule has 0 fully saturated rings. The van der Waals surface area contributed by atoms with Gasteiger partial charge >= 0.3 is 5.97 Å². The van der Waals surface area contributed by atoms with Gasteiger partial charge in [0.25, 0.3) is 0 Å². The van der Waals surface area contributed by atoms with Crippen LogP contribution in [0.5, 0.6) is 0 Å². The van der Waals surface area contributed by atoms with Crippen molar-refractivity contribution in [1.29, 1.82) is 0 Å². The van der Waals surface area contributed by atoms with Crippen molar-refractivity contribution in [3.05, 3.63) is 29.3 Å². The molecule has 1 amide bonds. The molecule has 0 spiro atoms. The highest BCUT2D eigenvalue weighted by Crippen LogP contribution is 2.44. The van der Waals surface area contributed by atoms with E-state index in [0.717, 1.165) is 16.8 Å². The number of amides is 1. The van der Waals surface area contributed by atoms with Crippen molar-refractivity contribution in [1.82, 2.24) is 0 Å². The largest absolute Gasteiger partial charge is 0.466 e. The Hall–Kier alpha value is -1.84. The standard InChI is InChI=1S/C16H21NO3/c1-5-20-14(18)8-9-16(3)12-10-11(2)6-7-13(12)17(4)15(16)19/h6-7,10H,5,8-9H2,1-4H3. The van der Waals surface area contributed by atoms with Crippen molar-refractivity contribution in [2.75, 3.05) is 18.6 Å². The summed E-state index contributed by atoms with van der Waals surface area (Å²) < 4.78 is 4.96. The molecule has 1 heterocycles. The van der Waals surface area contributed by atoms with Gasteiger partial charge in [-0.1, -0.05) is 17.7 Å². The van der Waals surface area contributed by atoms with Gasteiger partial charge in [0.1, 0.15) is 0 Å². The van der Waals surface area contributed by atoms with Crippen molar-refractivity contribution in [2.45, 2.75) is 39.0 Å². The van der Waals surface area contributed by atoms with E-state index in [1.54, 1.807) is 18.9 Å². The molecule has 0 aromatic heterocycles. The number of rotatable bonds is 4. The summed E-state index contributed by atoms with van der Waals surface area (Å²) in [5.41, 5.74) is 2.43. The van der Waals surface area contributed by atoms with Crippen LogP contribution in [0.15, 0.2) is 18.2 Å². The molecule has 1 aromatic carbocycles. The fraction of sp³-hybridized carbons (Fsp3) is 0.500. The van der Waals surface area contributed by atoms with Gasteiger partial charge in [-0.2, -0.15) is 0 Å². The molecule has 0 N–H and O–H groups in total. The van der Waals surface area contributed by atoms with Crippen molar-refractivity contribution < 1.29 is 14.3 Å². The van der Waals surface area contributed by atoms with E-state index in [2.05, 4.69) is 0 Å². The van der Waals surface area contributed by atoms with Gasteiger partial charge in [-0.15, -0.1) is 0 Å². The molecule has 1 aromatic rings. The molecule has 2 rings (SSSR count). The fourth-order valence-corrected chi connectivity index (χ4v) is 2.81. The Bertz CT molecular complexity index is 553. The molecule has 1 unspecified atom stereocenters. The molecule has 4 nitrogen and oxygen atoms in total. The molecule has 1 atom stereocenters. The van der Waals surface area contributed by atoms with Gasteiger partial charge in [0.15, 0.2) is 0 Å². The predicted molar refractivity (Wildman–Crippen MR) is 77.8 cm³/mol. The highest BCUT2D eigenvalue weighted by Gasteiger charge is 2.45. The molecular weight excluding hydrogens is 254 g/mol. The minimum absolute atomic E-state index is 0.0439. The topological polar surface area (TPSA) is 46.6 Å². The van der Waals surface area contributed by atoms with E-state index < -0.39 is 5.41 Å². The Balaban J connectivity index is 2.29. The maximum absolute atomic E-state index is 12.5. The first-order valence-corrected chi connectivity index (χ1v) is 6.95. The molecule has 1 aliphatic heterocycles. The lowest BCUT2D eigenvalue weighted by Gasteiger charge is -2.22. The zero-order valence-electron chi connectivity index (χ0n) is 12.5. The molecule has 0 radical (unpaired) electrons. The maximum atomic E-state index is 12.5. The number of anilines is 1. The second kappa shape index (κ2) is 5.27. The van der Waals surface area contributed by atoms with Crippen LogP contribution in [-0.4, -0.2) is 25.5 Å². The van der Waals surface area contributed by atoms with E-state index in [0.29, 0.717) is 13.0 Å². The van der Waals surface area contributed by atoms with E-state index in [1.807, 2.05) is 32.0 Å². The predicted octanol–water partition coefficient (Wildman–Crippen LogP) is 2.57. The highest BCUT2D eigenvalue weighted by atomic mass is 16.5. The van der Waals surface area contributed by atoms with Crippen LogP contribution >= 0.6 is 0 Å². The van der Waals surface area contributed by atoms with Gasteiger partial charge in [-0.25, -0.2) is 0 Å². The summed E-state index contributed by atoms with van der Waals surface area (Å²) in [6.07, 6.45) is 0.739. The molecule has 0 bridgehead atoms. The lowest BCUT2D eigenvalue weighted by Crippen LogP contribution is -2.36. The molecule has 20 heavy (non-hydrogen) atoms. The normalized spacial score (nSPS) is 21.0. The van der Waals surface area contributed by atoms with Crippen LogP contribution in [0, 0.1) is 6.92 Å². The number of carbonyl (C=O) groups is 2. The van der Waals surface area contributed by atoms with Crippen molar-refractivity contribution >= 4 is 17.6 Å². The van der Waals surface area contributed by atoms with Crippen molar-refractivity contribution in [3.63, 3.8) is 0 Å². The number of nitrogens with zero attached hydrogens (tertiary/aromatic N) is 1. The Morgan fingerprint density at radius 1 is 1.40 bits per heavy atom. The number of aryl methyl sites for hydroxylation is 1. The minimum atomic E-state index is -0.636. The van der Waals surface area contributed by atoms with E-state index >= 15 is 0 Å². The number of ether oxygens (including phenoxy) is 1. The van der Waals surface area contributed by atoms with Crippen LogP contribution in [0.25, 0.3) is 0 Å². The van der Waals surface area contributed by atoms with Crippen molar-refractivity contribution in [2.24, 2.45) is 0 Å². The molecule has 4 heteroatoms. The van der Waals surface area contributed by atoms with Gasteiger partial charge in [0, 0.05) is 19.2 Å². The van der Waals surface area contributed by atoms with Crippen molar-refractivity contribution in [3.8, 4) is 0 Å². The first-order chi connectivity index (χ1) is 9.40. The van der Waals surface area contributed by atoms with Crippen LogP contribution in [0.4, 0.5) is 5.69 Å².